The first-order chi connectivity index (χ1) is 9.56. The van der Waals surface area contributed by atoms with E-state index in [0.717, 1.165) is 25.9 Å². The molecule has 20 heavy (non-hydrogen) atoms. The van der Waals surface area contributed by atoms with E-state index in [9.17, 15) is 9.59 Å². The van der Waals surface area contributed by atoms with E-state index in [1.54, 1.807) is 24.3 Å². The highest BCUT2D eigenvalue weighted by Crippen LogP contribution is 2.17. The molecule has 0 radical (unpaired) electrons. The maximum atomic E-state index is 12.0. The molecule has 0 unspecified atom stereocenters. The van der Waals surface area contributed by atoms with Gasteiger partial charge in [-0.3, -0.25) is 9.59 Å². The first-order valence-electron chi connectivity index (χ1n) is 7.23. The molecule has 4 heteroatoms. The summed E-state index contributed by atoms with van der Waals surface area (Å²) >= 11 is 0. The van der Waals surface area contributed by atoms with Crippen molar-refractivity contribution in [3.63, 3.8) is 0 Å². The number of rotatable bonds is 4. The number of anilines is 1. The lowest BCUT2D eigenvalue weighted by molar-refractivity contribution is -0.132. The number of hydrogen-bond donors (Lipinski definition) is 1. The van der Waals surface area contributed by atoms with Crippen LogP contribution in [-0.4, -0.2) is 29.7 Å². The molecule has 1 aliphatic heterocycles. The van der Waals surface area contributed by atoms with Crippen molar-refractivity contribution in [1.82, 2.24) is 4.90 Å². The Morgan fingerprint density at radius 2 is 1.75 bits per heavy atom. The molecule has 1 amide bonds. The maximum Gasteiger partial charge on any atom is 0.223 e. The number of hydrogen-bond acceptors (Lipinski definition) is 3. The Hall–Kier alpha value is -1.84. The number of carbonyl (C=O) groups is 2. The number of nitrogens with zero attached hydrogens (tertiary/aromatic N) is 1. The fraction of sp³-hybridized carbons (Fsp3) is 0.500. The van der Waals surface area contributed by atoms with Crippen molar-refractivity contribution in [3.8, 4) is 0 Å². The van der Waals surface area contributed by atoms with Gasteiger partial charge < -0.3 is 10.6 Å². The fourth-order valence-corrected chi connectivity index (χ4v) is 2.45. The Kier molecular flexibility index (Phi) is 4.77. The third-order valence-electron chi connectivity index (χ3n) is 3.93. The third kappa shape index (κ3) is 3.83. The summed E-state index contributed by atoms with van der Waals surface area (Å²) < 4.78 is 0. The quantitative estimate of drug-likeness (QED) is 0.677. The Bertz CT molecular complexity index is 474. The topological polar surface area (TPSA) is 63.4 Å². The number of benzene rings is 1. The number of ketones is 1. The van der Waals surface area contributed by atoms with Crippen molar-refractivity contribution in [2.45, 2.75) is 32.6 Å². The molecule has 1 saturated heterocycles. The molecule has 1 fully saturated rings. The van der Waals surface area contributed by atoms with Crippen molar-refractivity contribution >= 4 is 17.4 Å². The minimum atomic E-state index is 0.00345. The standard InChI is InChI=1S/C16H22N2O2/c1-12-8-10-18(11-9-12)16(20)7-6-15(19)13-2-4-14(17)5-3-13/h2-5,12H,6-11,17H2,1H3. The molecule has 0 bridgehead atoms. The van der Waals surface area contributed by atoms with E-state index in [-0.39, 0.29) is 18.1 Å². The lowest BCUT2D eigenvalue weighted by Crippen LogP contribution is -2.38. The highest BCUT2D eigenvalue weighted by Gasteiger charge is 2.20. The third-order valence-corrected chi connectivity index (χ3v) is 3.93. The van der Waals surface area contributed by atoms with Crippen LogP contribution in [0.1, 0.15) is 43.0 Å². The molecule has 4 nitrogen and oxygen atoms in total. The largest absolute Gasteiger partial charge is 0.399 e. The van der Waals surface area contributed by atoms with Crippen molar-refractivity contribution in [1.29, 1.82) is 0 Å². The summed E-state index contributed by atoms with van der Waals surface area (Å²) in [7, 11) is 0. The van der Waals surface area contributed by atoms with E-state index in [1.165, 1.54) is 0 Å². The van der Waals surface area contributed by atoms with E-state index in [1.807, 2.05) is 4.90 Å². The van der Waals surface area contributed by atoms with E-state index in [0.29, 0.717) is 23.6 Å². The van der Waals surface area contributed by atoms with Crippen LogP contribution >= 0.6 is 0 Å². The zero-order chi connectivity index (χ0) is 14.5. The number of amides is 1. The van der Waals surface area contributed by atoms with Gasteiger partial charge in [0.1, 0.15) is 0 Å². The van der Waals surface area contributed by atoms with Gasteiger partial charge in [0.05, 0.1) is 0 Å². The van der Waals surface area contributed by atoms with Gasteiger partial charge in [0, 0.05) is 37.2 Å². The molecule has 0 aliphatic carbocycles. The van der Waals surface area contributed by atoms with Crippen LogP contribution in [0.2, 0.25) is 0 Å². The minimum Gasteiger partial charge on any atom is -0.399 e. The van der Waals surface area contributed by atoms with Gasteiger partial charge in [0.15, 0.2) is 5.78 Å². The molecule has 0 saturated carbocycles. The Labute approximate surface area is 119 Å². The normalized spacial score (nSPS) is 16.1. The van der Waals surface area contributed by atoms with Gasteiger partial charge in [-0.2, -0.15) is 0 Å². The van der Waals surface area contributed by atoms with E-state index >= 15 is 0 Å². The lowest BCUT2D eigenvalue weighted by Gasteiger charge is -2.30. The summed E-state index contributed by atoms with van der Waals surface area (Å²) in [6, 6.07) is 6.84. The first-order valence-corrected chi connectivity index (χ1v) is 7.23. The van der Waals surface area contributed by atoms with Crippen LogP contribution in [0.15, 0.2) is 24.3 Å². The van der Waals surface area contributed by atoms with Gasteiger partial charge in [-0.05, 0) is 43.0 Å². The summed E-state index contributed by atoms with van der Waals surface area (Å²) in [4.78, 5) is 25.9. The van der Waals surface area contributed by atoms with Gasteiger partial charge >= 0.3 is 0 Å². The van der Waals surface area contributed by atoms with Gasteiger partial charge in [-0.15, -0.1) is 0 Å². The van der Waals surface area contributed by atoms with Crippen molar-refractivity contribution in [2.75, 3.05) is 18.8 Å². The van der Waals surface area contributed by atoms with Gasteiger partial charge in [-0.25, -0.2) is 0 Å². The number of nitrogen functional groups attached to an aromatic ring is 1. The Morgan fingerprint density at radius 3 is 2.35 bits per heavy atom. The van der Waals surface area contributed by atoms with E-state index in [4.69, 9.17) is 5.73 Å². The Balaban J connectivity index is 1.81. The molecule has 1 aliphatic rings. The molecule has 1 aromatic carbocycles. The van der Waals surface area contributed by atoms with Gasteiger partial charge in [0.2, 0.25) is 5.91 Å². The zero-order valence-corrected chi connectivity index (χ0v) is 12.0. The van der Waals surface area contributed by atoms with Crippen LogP contribution in [0.3, 0.4) is 0 Å². The number of Topliss-reactive ketones (excluding diaryl/α,β-unsaturated/α-hetero) is 1. The maximum absolute atomic E-state index is 12.0. The highest BCUT2D eigenvalue weighted by molar-refractivity contribution is 5.98. The number of piperidine rings is 1. The second-order valence-electron chi connectivity index (χ2n) is 5.61. The second-order valence-corrected chi connectivity index (χ2v) is 5.61. The molecule has 108 valence electrons. The molecule has 2 rings (SSSR count). The lowest BCUT2D eigenvalue weighted by atomic mass is 9.98. The van der Waals surface area contributed by atoms with Crippen molar-refractivity contribution in [3.05, 3.63) is 29.8 Å². The molecule has 2 N–H and O–H groups in total. The molecule has 0 aromatic heterocycles. The van der Waals surface area contributed by atoms with Crippen LogP contribution in [0.5, 0.6) is 0 Å². The Morgan fingerprint density at radius 1 is 1.15 bits per heavy atom. The van der Waals surface area contributed by atoms with E-state index < -0.39 is 0 Å². The van der Waals surface area contributed by atoms with Crippen LogP contribution in [0, 0.1) is 5.92 Å². The summed E-state index contributed by atoms with van der Waals surface area (Å²) in [5, 5.41) is 0. The molecular weight excluding hydrogens is 252 g/mol. The molecule has 1 aromatic rings. The predicted octanol–water partition coefficient (Wildman–Crippen LogP) is 2.49. The molecular formula is C16H22N2O2. The molecule has 0 atom stereocenters. The van der Waals surface area contributed by atoms with Crippen LogP contribution < -0.4 is 5.73 Å². The smallest absolute Gasteiger partial charge is 0.223 e. The van der Waals surface area contributed by atoms with Crippen molar-refractivity contribution in [2.24, 2.45) is 5.92 Å². The highest BCUT2D eigenvalue weighted by atomic mass is 16.2. The SMILES string of the molecule is CC1CCN(C(=O)CCC(=O)c2ccc(N)cc2)CC1. The monoisotopic (exact) mass is 274 g/mol. The average Bonchev–Trinajstić information content (AvgIpc) is 2.46. The average molecular weight is 274 g/mol. The zero-order valence-electron chi connectivity index (χ0n) is 12.0. The van der Waals surface area contributed by atoms with Gasteiger partial charge in [-0.1, -0.05) is 6.92 Å². The van der Waals surface area contributed by atoms with Crippen LogP contribution in [0.25, 0.3) is 0 Å². The summed E-state index contributed by atoms with van der Waals surface area (Å²) in [5.74, 6) is 0.805. The predicted molar refractivity (Wildman–Crippen MR) is 79.4 cm³/mol. The number of nitrogens with two attached hydrogens (primary N) is 1. The number of likely N-dealkylation sites (tertiary alicyclic amines) is 1. The summed E-state index contributed by atoms with van der Waals surface area (Å²) in [6.45, 7) is 3.87. The summed E-state index contributed by atoms with van der Waals surface area (Å²) in [6.07, 6.45) is 2.71. The van der Waals surface area contributed by atoms with Crippen LogP contribution in [0.4, 0.5) is 5.69 Å². The van der Waals surface area contributed by atoms with Crippen molar-refractivity contribution < 1.29 is 9.59 Å². The first kappa shape index (κ1) is 14.6. The molecule has 0 spiro atoms. The van der Waals surface area contributed by atoms with Gasteiger partial charge in [0.25, 0.3) is 0 Å². The molecule has 1 heterocycles. The second kappa shape index (κ2) is 6.55. The fourth-order valence-electron chi connectivity index (χ4n) is 2.45. The summed E-state index contributed by atoms with van der Waals surface area (Å²) in [5.41, 5.74) is 6.85. The number of carbonyl (C=O) groups excluding carboxylic acids is 2. The van der Waals surface area contributed by atoms with Crippen LogP contribution in [-0.2, 0) is 4.79 Å². The minimum absolute atomic E-state index is 0.00345. The van der Waals surface area contributed by atoms with E-state index in [2.05, 4.69) is 6.92 Å².